The highest BCUT2D eigenvalue weighted by Crippen LogP contribution is 2.23. The topological polar surface area (TPSA) is 102 Å². The Morgan fingerprint density at radius 3 is 2.61 bits per heavy atom. The lowest BCUT2D eigenvalue weighted by Crippen LogP contribution is -2.39. The van der Waals surface area contributed by atoms with Crippen molar-refractivity contribution in [2.75, 3.05) is 24.9 Å². The van der Waals surface area contributed by atoms with E-state index in [0.29, 0.717) is 30.1 Å². The molecular weight excluding hydrogens is 402 g/mol. The van der Waals surface area contributed by atoms with E-state index in [4.69, 9.17) is 10.5 Å². The number of hydrogen-bond donors (Lipinski definition) is 2. The molecule has 1 fully saturated rings. The van der Waals surface area contributed by atoms with Gasteiger partial charge in [0.05, 0.1) is 12.0 Å². The number of nitrogens with one attached hydrogen (secondary N) is 1. The average molecular weight is 426 g/mol. The third kappa shape index (κ3) is 4.76. The van der Waals surface area contributed by atoms with Gasteiger partial charge in [0.1, 0.15) is 5.75 Å². The van der Waals surface area contributed by atoms with Crippen LogP contribution in [0.3, 0.4) is 0 Å². The third-order valence-electron chi connectivity index (χ3n) is 4.64. The van der Waals surface area contributed by atoms with Gasteiger partial charge in [-0.3, -0.25) is 9.52 Å². The number of anilines is 1. The van der Waals surface area contributed by atoms with E-state index in [1.54, 1.807) is 41.3 Å². The number of nitrogens with two attached hydrogens (primary N) is 1. The molecular formula is C19H24ClN3O4S. The molecule has 1 atom stereocenters. The molecule has 1 unspecified atom stereocenters. The van der Waals surface area contributed by atoms with E-state index >= 15 is 0 Å². The molecule has 3 N–H and O–H groups in total. The Labute approximate surface area is 171 Å². The summed E-state index contributed by atoms with van der Waals surface area (Å²) < 4.78 is 32.9. The number of amides is 1. The summed E-state index contributed by atoms with van der Waals surface area (Å²) in [5, 5.41) is 0. The maximum atomic E-state index is 12.8. The molecule has 0 aliphatic carbocycles. The number of benzene rings is 2. The summed E-state index contributed by atoms with van der Waals surface area (Å²) >= 11 is 0. The van der Waals surface area contributed by atoms with Crippen molar-refractivity contribution in [3.63, 3.8) is 0 Å². The van der Waals surface area contributed by atoms with Gasteiger partial charge < -0.3 is 15.4 Å². The molecule has 0 spiro atoms. The van der Waals surface area contributed by atoms with Gasteiger partial charge in [-0.15, -0.1) is 12.4 Å². The monoisotopic (exact) mass is 425 g/mol. The lowest BCUT2D eigenvalue weighted by molar-refractivity contribution is 0.0741. The van der Waals surface area contributed by atoms with E-state index in [2.05, 4.69) is 4.72 Å². The second-order valence-electron chi connectivity index (χ2n) is 6.39. The first-order valence-electron chi connectivity index (χ1n) is 8.72. The van der Waals surface area contributed by atoms with Gasteiger partial charge in [0.2, 0.25) is 0 Å². The molecule has 3 rings (SSSR count). The van der Waals surface area contributed by atoms with Crippen LogP contribution in [-0.4, -0.2) is 45.5 Å². The Morgan fingerprint density at radius 2 is 1.96 bits per heavy atom. The van der Waals surface area contributed by atoms with Crippen LogP contribution in [0.1, 0.15) is 23.2 Å². The average Bonchev–Trinajstić information content (AvgIpc) is 3.16. The van der Waals surface area contributed by atoms with Crippen LogP contribution >= 0.6 is 12.4 Å². The van der Waals surface area contributed by atoms with Crippen molar-refractivity contribution < 1.29 is 17.9 Å². The fraction of sp³-hybridized carbons (Fsp3) is 0.316. The predicted molar refractivity (Wildman–Crippen MR) is 111 cm³/mol. The SMILES string of the molecule is COc1ccc(NS(=O)(=O)c2cccc(C(=O)N3CCCC3CN)c2)cc1.Cl. The molecule has 152 valence electrons. The van der Waals surface area contributed by atoms with Gasteiger partial charge in [-0.25, -0.2) is 8.42 Å². The normalized spacial score (nSPS) is 16.4. The van der Waals surface area contributed by atoms with Crippen molar-refractivity contribution in [3.05, 3.63) is 54.1 Å². The summed E-state index contributed by atoms with van der Waals surface area (Å²) in [7, 11) is -2.28. The van der Waals surface area contributed by atoms with Crippen molar-refractivity contribution in [2.24, 2.45) is 5.73 Å². The predicted octanol–water partition coefficient (Wildman–Crippen LogP) is 2.48. The zero-order valence-electron chi connectivity index (χ0n) is 15.5. The minimum Gasteiger partial charge on any atom is -0.497 e. The van der Waals surface area contributed by atoms with Gasteiger partial charge in [-0.05, 0) is 55.3 Å². The molecule has 2 aromatic rings. The van der Waals surface area contributed by atoms with Crippen molar-refractivity contribution in [2.45, 2.75) is 23.8 Å². The van der Waals surface area contributed by atoms with E-state index in [1.807, 2.05) is 0 Å². The van der Waals surface area contributed by atoms with Crippen LogP contribution in [0.25, 0.3) is 0 Å². The van der Waals surface area contributed by atoms with Crippen LogP contribution in [0.5, 0.6) is 5.75 Å². The number of nitrogens with zero attached hydrogens (tertiary/aromatic N) is 1. The first-order chi connectivity index (χ1) is 12.9. The number of carbonyl (C=O) groups is 1. The van der Waals surface area contributed by atoms with Gasteiger partial charge in [-0.2, -0.15) is 0 Å². The second kappa shape index (κ2) is 9.27. The molecule has 28 heavy (non-hydrogen) atoms. The lowest BCUT2D eigenvalue weighted by Gasteiger charge is -2.23. The largest absolute Gasteiger partial charge is 0.497 e. The van der Waals surface area contributed by atoms with Crippen molar-refractivity contribution in [1.29, 1.82) is 0 Å². The number of hydrogen-bond acceptors (Lipinski definition) is 5. The Morgan fingerprint density at radius 1 is 1.25 bits per heavy atom. The smallest absolute Gasteiger partial charge is 0.261 e. The fourth-order valence-electron chi connectivity index (χ4n) is 3.18. The number of halogens is 1. The lowest BCUT2D eigenvalue weighted by atomic mass is 10.1. The van der Waals surface area contributed by atoms with Crippen LogP contribution in [0.4, 0.5) is 5.69 Å². The molecule has 1 amide bonds. The highest BCUT2D eigenvalue weighted by atomic mass is 35.5. The number of methoxy groups -OCH3 is 1. The molecule has 1 heterocycles. The molecule has 1 saturated heterocycles. The van der Waals surface area contributed by atoms with Crippen LogP contribution in [0, 0.1) is 0 Å². The summed E-state index contributed by atoms with van der Waals surface area (Å²) in [6.07, 6.45) is 1.78. The molecule has 2 aromatic carbocycles. The third-order valence-corrected chi connectivity index (χ3v) is 6.02. The van der Waals surface area contributed by atoms with Gasteiger partial charge >= 0.3 is 0 Å². The van der Waals surface area contributed by atoms with Gasteiger partial charge in [0, 0.05) is 30.4 Å². The first kappa shape index (κ1) is 22.0. The van der Waals surface area contributed by atoms with Gasteiger partial charge in [-0.1, -0.05) is 6.07 Å². The summed E-state index contributed by atoms with van der Waals surface area (Å²) in [5.74, 6) is 0.440. The quantitative estimate of drug-likeness (QED) is 0.740. The number of ether oxygens (including phenoxy) is 1. The van der Waals surface area contributed by atoms with E-state index in [-0.39, 0.29) is 29.3 Å². The molecule has 1 aliphatic rings. The van der Waals surface area contributed by atoms with E-state index in [0.717, 1.165) is 12.8 Å². The molecule has 0 radical (unpaired) electrons. The standard InChI is InChI=1S/C19H23N3O4S.ClH/c1-26-17-9-7-15(8-10-17)21-27(24,25)18-6-2-4-14(12-18)19(23)22-11-3-5-16(22)13-20;/h2,4,6-10,12,16,21H,3,5,11,13,20H2,1H3;1H. The molecule has 9 heteroatoms. The Kier molecular flexibility index (Phi) is 7.29. The Bertz CT molecular complexity index is 919. The number of rotatable bonds is 6. The van der Waals surface area contributed by atoms with Crippen molar-refractivity contribution >= 4 is 34.0 Å². The van der Waals surface area contributed by atoms with Crippen LogP contribution < -0.4 is 15.2 Å². The molecule has 0 bridgehead atoms. The Balaban J connectivity index is 0.00000280. The maximum Gasteiger partial charge on any atom is 0.261 e. The number of carbonyl (C=O) groups excluding carboxylic acids is 1. The fourth-order valence-corrected chi connectivity index (χ4v) is 4.29. The summed E-state index contributed by atoms with van der Waals surface area (Å²) in [6.45, 7) is 1.05. The number of likely N-dealkylation sites (tertiary alicyclic amines) is 1. The van der Waals surface area contributed by atoms with E-state index in [1.165, 1.54) is 19.2 Å². The summed E-state index contributed by atoms with van der Waals surface area (Å²) in [4.78, 5) is 14.5. The first-order valence-corrected chi connectivity index (χ1v) is 10.2. The van der Waals surface area contributed by atoms with E-state index < -0.39 is 10.0 Å². The highest BCUT2D eigenvalue weighted by molar-refractivity contribution is 7.92. The van der Waals surface area contributed by atoms with Crippen LogP contribution in [0.2, 0.25) is 0 Å². The summed E-state index contributed by atoms with van der Waals surface area (Å²) in [6, 6.07) is 12.6. The van der Waals surface area contributed by atoms with E-state index in [9.17, 15) is 13.2 Å². The minimum absolute atomic E-state index is 0. The minimum atomic E-state index is -3.82. The van der Waals surface area contributed by atoms with Crippen LogP contribution in [0.15, 0.2) is 53.4 Å². The highest BCUT2D eigenvalue weighted by Gasteiger charge is 2.29. The molecule has 0 saturated carbocycles. The van der Waals surface area contributed by atoms with Gasteiger partial charge in [0.15, 0.2) is 0 Å². The molecule has 0 aromatic heterocycles. The van der Waals surface area contributed by atoms with Crippen molar-refractivity contribution in [3.8, 4) is 5.75 Å². The zero-order chi connectivity index (χ0) is 19.4. The zero-order valence-corrected chi connectivity index (χ0v) is 17.1. The number of sulfonamides is 1. The second-order valence-corrected chi connectivity index (χ2v) is 8.07. The Hall–Kier alpha value is -2.29. The van der Waals surface area contributed by atoms with Crippen molar-refractivity contribution in [1.82, 2.24) is 4.90 Å². The van der Waals surface area contributed by atoms with Crippen LogP contribution in [-0.2, 0) is 10.0 Å². The molecule has 1 aliphatic heterocycles. The van der Waals surface area contributed by atoms with Gasteiger partial charge in [0.25, 0.3) is 15.9 Å². The summed E-state index contributed by atoms with van der Waals surface area (Å²) in [5.41, 5.74) is 6.49. The molecule has 7 nitrogen and oxygen atoms in total. The maximum absolute atomic E-state index is 12.8.